The van der Waals surface area contributed by atoms with E-state index in [-0.39, 0.29) is 5.91 Å². The SMILES string of the molecule is CCc1cc(C(=O)N2C[C@H]3CNC[C@H]3C2)n(C)n1. The molecular weight excluding hydrogens is 228 g/mol. The van der Waals surface area contributed by atoms with Crippen LogP contribution in [0, 0.1) is 11.8 Å². The maximum Gasteiger partial charge on any atom is 0.272 e. The molecule has 2 saturated heterocycles. The lowest BCUT2D eigenvalue weighted by Gasteiger charge is -2.17. The monoisotopic (exact) mass is 248 g/mol. The number of aromatic nitrogens is 2. The molecule has 2 atom stereocenters. The van der Waals surface area contributed by atoms with Gasteiger partial charge in [0.2, 0.25) is 0 Å². The molecule has 2 aliphatic heterocycles. The van der Waals surface area contributed by atoms with Crippen molar-refractivity contribution in [2.75, 3.05) is 26.2 Å². The van der Waals surface area contributed by atoms with Gasteiger partial charge in [0, 0.05) is 33.2 Å². The number of amides is 1. The molecule has 0 spiro atoms. The first-order valence-electron chi connectivity index (χ1n) is 6.72. The van der Waals surface area contributed by atoms with Crippen molar-refractivity contribution in [1.82, 2.24) is 20.0 Å². The van der Waals surface area contributed by atoms with Crippen LogP contribution >= 0.6 is 0 Å². The summed E-state index contributed by atoms with van der Waals surface area (Å²) in [4.78, 5) is 14.5. The summed E-state index contributed by atoms with van der Waals surface area (Å²) in [5, 5.41) is 7.74. The lowest BCUT2D eigenvalue weighted by atomic mass is 10.0. The molecule has 2 aliphatic rings. The Bertz CT molecular complexity index is 456. The average molecular weight is 248 g/mol. The standard InChI is InChI=1S/C13H20N4O/c1-3-11-4-12(16(2)15-11)13(18)17-7-9-5-14-6-10(9)8-17/h4,9-10,14H,3,5-8H2,1-2H3/t9-,10+. The van der Waals surface area contributed by atoms with Crippen LogP contribution in [-0.2, 0) is 13.5 Å². The summed E-state index contributed by atoms with van der Waals surface area (Å²) in [6.07, 6.45) is 0.871. The molecule has 0 aromatic carbocycles. The second-order valence-corrected chi connectivity index (χ2v) is 5.39. The summed E-state index contributed by atoms with van der Waals surface area (Å²) >= 11 is 0. The maximum absolute atomic E-state index is 12.5. The average Bonchev–Trinajstić information content (AvgIpc) is 3.00. The van der Waals surface area contributed by atoms with E-state index in [4.69, 9.17) is 0 Å². The second kappa shape index (κ2) is 4.39. The first-order chi connectivity index (χ1) is 8.69. The summed E-state index contributed by atoms with van der Waals surface area (Å²) in [6.45, 7) is 5.95. The van der Waals surface area contributed by atoms with Crippen LogP contribution in [0.25, 0.3) is 0 Å². The number of nitrogens with zero attached hydrogens (tertiary/aromatic N) is 3. The van der Waals surface area contributed by atoms with Gasteiger partial charge < -0.3 is 10.2 Å². The molecule has 1 amide bonds. The molecule has 5 heteroatoms. The van der Waals surface area contributed by atoms with Crippen molar-refractivity contribution in [1.29, 1.82) is 0 Å². The van der Waals surface area contributed by atoms with Crippen LogP contribution in [0.15, 0.2) is 6.07 Å². The summed E-state index contributed by atoms with van der Waals surface area (Å²) in [5.74, 6) is 1.43. The molecule has 1 aromatic rings. The lowest BCUT2D eigenvalue weighted by Crippen LogP contribution is -2.33. The molecule has 2 fully saturated rings. The number of hydrogen-bond acceptors (Lipinski definition) is 3. The highest BCUT2D eigenvalue weighted by molar-refractivity contribution is 5.93. The molecule has 0 bridgehead atoms. The van der Waals surface area contributed by atoms with E-state index in [0.717, 1.165) is 44.0 Å². The number of aryl methyl sites for hydroxylation is 2. The van der Waals surface area contributed by atoms with Crippen molar-refractivity contribution in [3.63, 3.8) is 0 Å². The predicted molar refractivity (Wildman–Crippen MR) is 68.3 cm³/mol. The van der Waals surface area contributed by atoms with E-state index in [1.54, 1.807) is 4.68 Å². The topological polar surface area (TPSA) is 50.2 Å². The number of rotatable bonds is 2. The molecule has 1 N–H and O–H groups in total. The van der Waals surface area contributed by atoms with E-state index in [1.807, 2.05) is 18.0 Å². The molecule has 3 heterocycles. The summed E-state index contributed by atoms with van der Waals surface area (Å²) in [6, 6.07) is 1.93. The van der Waals surface area contributed by atoms with Crippen LogP contribution in [0.1, 0.15) is 23.1 Å². The highest BCUT2D eigenvalue weighted by Gasteiger charge is 2.38. The third kappa shape index (κ3) is 1.82. The Kier molecular flexibility index (Phi) is 2.86. The Hall–Kier alpha value is -1.36. The van der Waals surface area contributed by atoms with E-state index in [9.17, 15) is 4.79 Å². The minimum Gasteiger partial charge on any atom is -0.337 e. The highest BCUT2D eigenvalue weighted by atomic mass is 16.2. The number of fused-ring (bicyclic) bond motifs is 1. The van der Waals surface area contributed by atoms with Gasteiger partial charge in [0.25, 0.3) is 5.91 Å². The number of carbonyl (C=O) groups excluding carboxylic acids is 1. The predicted octanol–water partition coefficient (Wildman–Crippen LogP) is 0.274. The third-order valence-corrected chi connectivity index (χ3v) is 4.19. The fourth-order valence-electron chi connectivity index (χ4n) is 3.08. The van der Waals surface area contributed by atoms with E-state index < -0.39 is 0 Å². The van der Waals surface area contributed by atoms with Crippen molar-refractivity contribution in [2.45, 2.75) is 13.3 Å². The maximum atomic E-state index is 12.5. The summed E-state index contributed by atoms with van der Waals surface area (Å²) < 4.78 is 1.72. The van der Waals surface area contributed by atoms with E-state index in [1.165, 1.54) is 0 Å². The molecule has 1 aromatic heterocycles. The quantitative estimate of drug-likeness (QED) is 0.817. The fraction of sp³-hybridized carbons (Fsp3) is 0.692. The minimum atomic E-state index is 0.138. The number of likely N-dealkylation sites (tertiary alicyclic amines) is 1. The largest absolute Gasteiger partial charge is 0.337 e. The van der Waals surface area contributed by atoms with Gasteiger partial charge in [0.15, 0.2) is 0 Å². The van der Waals surface area contributed by atoms with Crippen LogP contribution in [0.5, 0.6) is 0 Å². The Balaban J connectivity index is 1.76. The van der Waals surface area contributed by atoms with Crippen LogP contribution in [-0.4, -0.2) is 46.8 Å². The van der Waals surface area contributed by atoms with Crippen LogP contribution < -0.4 is 5.32 Å². The summed E-state index contributed by atoms with van der Waals surface area (Å²) in [5.41, 5.74) is 1.71. The Morgan fingerprint density at radius 1 is 1.44 bits per heavy atom. The zero-order chi connectivity index (χ0) is 12.7. The first kappa shape index (κ1) is 11.7. The normalized spacial score (nSPS) is 26.7. The fourth-order valence-corrected chi connectivity index (χ4v) is 3.08. The zero-order valence-corrected chi connectivity index (χ0v) is 11.0. The molecule has 5 nitrogen and oxygen atoms in total. The first-order valence-corrected chi connectivity index (χ1v) is 6.72. The smallest absolute Gasteiger partial charge is 0.272 e. The van der Waals surface area contributed by atoms with Crippen molar-refractivity contribution >= 4 is 5.91 Å². The summed E-state index contributed by atoms with van der Waals surface area (Å²) in [7, 11) is 1.85. The van der Waals surface area contributed by atoms with E-state index >= 15 is 0 Å². The van der Waals surface area contributed by atoms with Crippen molar-refractivity contribution < 1.29 is 4.79 Å². The molecule has 3 rings (SSSR count). The van der Waals surface area contributed by atoms with Crippen LogP contribution in [0.4, 0.5) is 0 Å². The minimum absolute atomic E-state index is 0.138. The molecule has 0 radical (unpaired) electrons. The number of hydrogen-bond donors (Lipinski definition) is 1. The Labute approximate surface area is 107 Å². The lowest BCUT2D eigenvalue weighted by molar-refractivity contribution is 0.0771. The molecule has 0 saturated carbocycles. The van der Waals surface area contributed by atoms with Crippen molar-refractivity contribution in [2.24, 2.45) is 18.9 Å². The molecule has 18 heavy (non-hydrogen) atoms. The number of carbonyl (C=O) groups is 1. The second-order valence-electron chi connectivity index (χ2n) is 5.39. The van der Waals surface area contributed by atoms with Gasteiger partial charge >= 0.3 is 0 Å². The van der Waals surface area contributed by atoms with Gasteiger partial charge in [0.05, 0.1) is 5.69 Å². The van der Waals surface area contributed by atoms with Gasteiger partial charge in [-0.1, -0.05) is 6.92 Å². The van der Waals surface area contributed by atoms with Gasteiger partial charge in [-0.3, -0.25) is 9.48 Å². The van der Waals surface area contributed by atoms with Gasteiger partial charge in [-0.2, -0.15) is 5.10 Å². The highest BCUT2D eigenvalue weighted by Crippen LogP contribution is 2.27. The Morgan fingerprint density at radius 3 is 2.67 bits per heavy atom. The van der Waals surface area contributed by atoms with E-state index in [2.05, 4.69) is 17.3 Å². The number of nitrogens with one attached hydrogen (secondary N) is 1. The van der Waals surface area contributed by atoms with Gasteiger partial charge in [-0.25, -0.2) is 0 Å². The van der Waals surface area contributed by atoms with Crippen LogP contribution in [0.3, 0.4) is 0 Å². The van der Waals surface area contributed by atoms with Crippen molar-refractivity contribution in [3.05, 3.63) is 17.5 Å². The van der Waals surface area contributed by atoms with Gasteiger partial charge in [0.1, 0.15) is 5.69 Å². The molecule has 98 valence electrons. The van der Waals surface area contributed by atoms with Gasteiger partial charge in [-0.15, -0.1) is 0 Å². The van der Waals surface area contributed by atoms with Gasteiger partial charge in [-0.05, 0) is 24.3 Å². The van der Waals surface area contributed by atoms with Crippen molar-refractivity contribution in [3.8, 4) is 0 Å². The molecule has 0 unspecified atom stereocenters. The molecule has 0 aliphatic carbocycles. The third-order valence-electron chi connectivity index (χ3n) is 4.19. The Morgan fingerprint density at radius 2 is 2.11 bits per heavy atom. The van der Waals surface area contributed by atoms with Crippen LogP contribution in [0.2, 0.25) is 0 Å². The van der Waals surface area contributed by atoms with E-state index in [0.29, 0.717) is 11.8 Å². The molecular formula is C13H20N4O. The zero-order valence-electron chi connectivity index (χ0n) is 11.0.